The second kappa shape index (κ2) is 11.1. The lowest BCUT2D eigenvalue weighted by Crippen LogP contribution is -2.55. The van der Waals surface area contributed by atoms with Crippen LogP contribution in [0.15, 0.2) is 54.2 Å². The lowest BCUT2D eigenvalue weighted by atomic mass is 9.59. The third-order valence-electron chi connectivity index (χ3n) is 7.68. The van der Waals surface area contributed by atoms with Gasteiger partial charge < -0.3 is 19.7 Å². The van der Waals surface area contributed by atoms with Gasteiger partial charge in [0, 0.05) is 38.3 Å². The summed E-state index contributed by atoms with van der Waals surface area (Å²) in [6.07, 6.45) is 4.36. The maximum atomic E-state index is 14.0. The third kappa shape index (κ3) is 5.57. The van der Waals surface area contributed by atoms with Crippen molar-refractivity contribution < 1.29 is 23.9 Å². The van der Waals surface area contributed by atoms with Crippen molar-refractivity contribution in [2.75, 3.05) is 27.4 Å². The zero-order valence-electron chi connectivity index (χ0n) is 22.3. The normalized spacial score (nSPS) is 22.8. The van der Waals surface area contributed by atoms with Crippen molar-refractivity contribution in [3.8, 4) is 0 Å². The van der Waals surface area contributed by atoms with Crippen LogP contribution in [-0.4, -0.2) is 50.1 Å². The number of fused-ring (bicyclic) bond motifs is 2. The molecule has 2 atom stereocenters. The minimum atomic E-state index is -0.976. The van der Waals surface area contributed by atoms with E-state index in [2.05, 4.69) is 37.4 Å². The van der Waals surface area contributed by atoms with Crippen LogP contribution in [0.25, 0.3) is 10.8 Å². The van der Waals surface area contributed by atoms with Gasteiger partial charge in [-0.1, -0.05) is 62.4 Å². The highest BCUT2D eigenvalue weighted by molar-refractivity contribution is 5.93. The maximum absolute atomic E-state index is 14.0. The van der Waals surface area contributed by atoms with Crippen molar-refractivity contribution in [1.29, 1.82) is 0 Å². The molecule has 2 aromatic rings. The Morgan fingerprint density at radius 3 is 2.62 bits per heavy atom. The highest BCUT2D eigenvalue weighted by Crippen LogP contribution is 2.55. The Hall–Kier alpha value is -3.19. The summed E-state index contributed by atoms with van der Waals surface area (Å²) in [5.41, 5.74) is 0.598. The van der Waals surface area contributed by atoms with Gasteiger partial charge in [0.05, 0.1) is 13.7 Å². The molecule has 4 rings (SSSR count). The molecule has 1 aliphatic carbocycles. The van der Waals surface area contributed by atoms with E-state index in [-0.39, 0.29) is 36.0 Å². The Balaban J connectivity index is 1.72. The Labute approximate surface area is 219 Å². The standard InChI is InChI=1S/C30H38N2O5/c1-29(2)14-13-25-30(20-29,28(35)37-4)18-23(17-26(33)31-15-8-16-36-3)27(34)32(25)19-22-11-7-10-21-9-5-6-12-24(21)22/h5-7,9-13,23H,8,14-20H2,1-4H3,(H,31,33)/t23-,30-/m1/s1. The lowest BCUT2D eigenvalue weighted by molar-refractivity contribution is -0.162. The number of nitrogens with one attached hydrogen (secondary N) is 1. The van der Waals surface area contributed by atoms with Crippen LogP contribution in [0, 0.1) is 16.7 Å². The summed E-state index contributed by atoms with van der Waals surface area (Å²) in [4.78, 5) is 42.1. The lowest BCUT2D eigenvalue weighted by Gasteiger charge is -2.51. The zero-order chi connectivity index (χ0) is 26.6. The topological polar surface area (TPSA) is 84.9 Å². The highest BCUT2D eigenvalue weighted by atomic mass is 16.5. The van der Waals surface area contributed by atoms with Crippen LogP contribution < -0.4 is 5.32 Å². The summed E-state index contributed by atoms with van der Waals surface area (Å²) in [5, 5.41) is 5.06. The minimum absolute atomic E-state index is 0.0320. The van der Waals surface area contributed by atoms with Gasteiger partial charge >= 0.3 is 5.97 Å². The number of likely N-dealkylation sites (tertiary alicyclic amines) is 1. The van der Waals surface area contributed by atoms with E-state index in [1.807, 2.05) is 30.3 Å². The first-order chi connectivity index (χ1) is 17.7. The molecular formula is C30H38N2O5. The van der Waals surface area contributed by atoms with Crippen LogP contribution in [0.3, 0.4) is 0 Å². The largest absolute Gasteiger partial charge is 0.468 e. The fraction of sp³-hybridized carbons (Fsp3) is 0.500. The number of carbonyl (C=O) groups excluding carboxylic acids is 3. The molecule has 1 saturated heterocycles. The van der Waals surface area contributed by atoms with E-state index >= 15 is 0 Å². The fourth-order valence-corrected chi connectivity index (χ4v) is 6.06. The monoisotopic (exact) mass is 506 g/mol. The Morgan fingerprint density at radius 1 is 1.11 bits per heavy atom. The van der Waals surface area contributed by atoms with Crippen LogP contribution in [-0.2, 0) is 30.4 Å². The fourth-order valence-electron chi connectivity index (χ4n) is 6.06. The van der Waals surface area contributed by atoms with Crippen LogP contribution in [0.4, 0.5) is 0 Å². The average molecular weight is 507 g/mol. The number of hydrogen-bond donors (Lipinski definition) is 1. The summed E-state index contributed by atoms with van der Waals surface area (Å²) in [6.45, 7) is 5.63. The molecule has 2 aliphatic rings. The molecule has 0 radical (unpaired) electrons. The molecular weight excluding hydrogens is 468 g/mol. The van der Waals surface area contributed by atoms with E-state index in [9.17, 15) is 14.4 Å². The molecule has 198 valence electrons. The van der Waals surface area contributed by atoms with Crippen molar-refractivity contribution in [1.82, 2.24) is 10.2 Å². The molecule has 7 heteroatoms. The smallest absolute Gasteiger partial charge is 0.317 e. The van der Waals surface area contributed by atoms with Gasteiger partial charge in [-0.15, -0.1) is 0 Å². The SMILES string of the molecule is COCCCNC(=O)C[C@@H]1C[C@@]2(C(=O)OC)CC(C)(C)CC=C2N(Cc2cccc3ccccc23)C1=O. The van der Waals surface area contributed by atoms with Crippen LogP contribution >= 0.6 is 0 Å². The van der Waals surface area contributed by atoms with Crippen LogP contribution in [0.2, 0.25) is 0 Å². The third-order valence-corrected chi connectivity index (χ3v) is 7.68. The quantitative estimate of drug-likeness (QED) is 0.397. The molecule has 7 nitrogen and oxygen atoms in total. The second-order valence-electron chi connectivity index (χ2n) is 11.1. The molecule has 37 heavy (non-hydrogen) atoms. The van der Waals surface area contributed by atoms with E-state index in [1.54, 1.807) is 12.0 Å². The molecule has 0 unspecified atom stereocenters. The Morgan fingerprint density at radius 2 is 1.86 bits per heavy atom. The number of amides is 2. The molecule has 0 spiro atoms. The van der Waals surface area contributed by atoms with Crippen LogP contribution in [0.5, 0.6) is 0 Å². The average Bonchev–Trinajstić information content (AvgIpc) is 2.88. The van der Waals surface area contributed by atoms with Gasteiger partial charge in [-0.05, 0) is 47.4 Å². The van der Waals surface area contributed by atoms with E-state index in [4.69, 9.17) is 9.47 Å². The van der Waals surface area contributed by atoms with E-state index in [1.165, 1.54) is 7.11 Å². The van der Waals surface area contributed by atoms with Crippen molar-refractivity contribution in [3.63, 3.8) is 0 Å². The highest BCUT2D eigenvalue weighted by Gasteiger charge is 2.57. The number of allylic oxidation sites excluding steroid dienone is 1. The van der Waals surface area contributed by atoms with Gasteiger partial charge in [0.25, 0.3) is 0 Å². The number of carbonyl (C=O) groups is 3. The molecule has 0 aromatic heterocycles. The Bertz CT molecular complexity index is 1200. The molecule has 0 bridgehead atoms. The van der Waals surface area contributed by atoms with Crippen molar-refractivity contribution in [2.24, 2.45) is 16.7 Å². The first kappa shape index (κ1) is 26.9. The number of piperidine rings is 1. The number of nitrogens with zero attached hydrogens (tertiary/aromatic N) is 1. The van der Waals surface area contributed by atoms with Crippen molar-refractivity contribution in [3.05, 3.63) is 59.8 Å². The first-order valence-electron chi connectivity index (χ1n) is 13.0. The number of methoxy groups -OCH3 is 2. The van der Waals surface area contributed by atoms with E-state index < -0.39 is 11.3 Å². The number of hydrogen-bond acceptors (Lipinski definition) is 5. The van der Waals surface area contributed by atoms with Crippen LogP contribution in [0.1, 0.15) is 51.5 Å². The molecule has 1 N–H and O–H groups in total. The molecule has 1 aliphatic heterocycles. The van der Waals surface area contributed by atoms with Crippen molar-refractivity contribution >= 4 is 28.6 Å². The molecule has 2 amide bonds. The van der Waals surface area contributed by atoms with Crippen molar-refractivity contribution in [2.45, 2.75) is 52.5 Å². The van der Waals surface area contributed by atoms with E-state index in [0.717, 1.165) is 22.8 Å². The predicted octanol–water partition coefficient (Wildman–Crippen LogP) is 4.59. The minimum Gasteiger partial charge on any atom is -0.468 e. The molecule has 2 aromatic carbocycles. The van der Waals surface area contributed by atoms with Gasteiger partial charge in [0.1, 0.15) is 5.41 Å². The van der Waals surface area contributed by atoms with Gasteiger partial charge in [-0.25, -0.2) is 0 Å². The van der Waals surface area contributed by atoms with Gasteiger partial charge in [0.2, 0.25) is 11.8 Å². The van der Waals surface area contributed by atoms with Gasteiger partial charge in [0.15, 0.2) is 0 Å². The number of esters is 1. The summed E-state index contributed by atoms with van der Waals surface area (Å²) < 4.78 is 10.4. The number of rotatable bonds is 9. The number of ether oxygens (including phenoxy) is 2. The number of benzene rings is 2. The summed E-state index contributed by atoms with van der Waals surface area (Å²) >= 11 is 0. The molecule has 0 saturated carbocycles. The van der Waals surface area contributed by atoms with Gasteiger partial charge in [-0.3, -0.25) is 14.4 Å². The first-order valence-corrected chi connectivity index (χ1v) is 13.0. The zero-order valence-corrected chi connectivity index (χ0v) is 22.3. The summed E-state index contributed by atoms with van der Waals surface area (Å²) in [6, 6.07) is 14.1. The maximum Gasteiger partial charge on any atom is 0.317 e. The molecule has 1 fully saturated rings. The van der Waals surface area contributed by atoms with E-state index in [0.29, 0.717) is 38.2 Å². The van der Waals surface area contributed by atoms with Gasteiger partial charge in [-0.2, -0.15) is 0 Å². The Kier molecular flexibility index (Phi) is 8.02. The summed E-state index contributed by atoms with van der Waals surface area (Å²) in [5.74, 6) is -1.28. The molecule has 1 heterocycles. The second-order valence-corrected chi connectivity index (χ2v) is 11.1. The predicted molar refractivity (Wildman–Crippen MR) is 142 cm³/mol. The summed E-state index contributed by atoms with van der Waals surface area (Å²) in [7, 11) is 3.02.